The first-order valence-electron chi connectivity index (χ1n) is 9.86. The maximum absolute atomic E-state index is 10.7. The van der Waals surface area contributed by atoms with Gasteiger partial charge in [-0.15, -0.1) is 0 Å². The van der Waals surface area contributed by atoms with Gasteiger partial charge in [-0.25, -0.2) is 0 Å². The van der Waals surface area contributed by atoms with Crippen LogP contribution < -0.4 is 10.1 Å². The largest absolute Gasteiger partial charge is 0.489 e. The van der Waals surface area contributed by atoms with Gasteiger partial charge in [0.2, 0.25) is 0 Å². The van der Waals surface area contributed by atoms with E-state index in [4.69, 9.17) is 4.74 Å². The molecule has 3 atom stereocenters. The number of rotatable bonds is 9. The first-order valence-corrected chi connectivity index (χ1v) is 9.86. The summed E-state index contributed by atoms with van der Waals surface area (Å²) in [4.78, 5) is 0. The Morgan fingerprint density at radius 3 is 1.96 bits per heavy atom. The van der Waals surface area contributed by atoms with Crippen molar-refractivity contribution in [3.05, 3.63) is 102 Å². The van der Waals surface area contributed by atoms with Crippen molar-refractivity contribution in [1.82, 2.24) is 5.32 Å². The normalized spacial score (nSPS) is 14.2. The van der Waals surface area contributed by atoms with Crippen LogP contribution in [0.25, 0.3) is 0 Å². The van der Waals surface area contributed by atoms with Gasteiger partial charge in [-0.1, -0.05) is 72.8 Å². The summed E-state index contributed by atoms with van der Waals surface area (Å²) in [6.45, 7) is 4.71. The van der Waals surface area contributed by atoms with Gasteiger partial charge in [-0.05, 0) is 49.1 Å². The van der Waals surface area contributed by atoms with Gasteiger partial charge < -0.3 is 15.2 Å². The van der Waals surface area contributed by atoms with Crippen molar-refractivity contribution in [1.29, 1.82) is 0 Å². The Hall–Kier alpha value is -2.62. The molecule has 0 saturated heterocycles. The van der Waals surface area contributed by atoms with Gasteiger partial charge in [0.15, 0.2) is 0 Å². The minimum atomic E-state index is -0.568. The van der Waals surface area contributed by atoms with Crippen LogP contribution in [-0.4, -0.2) is 17.2 Å². The van der Waals surface area contributed by atoms with E-state index >= 15 is 0 Å². The molecule has 2 N–H and O–H groups in total. The molecule has 0 aromatic heterocycles. The van der Waals surface area contributed by atoms with Crippen LogP contribution in [0.4, 0.5) is 0 Å². The summed E-state index contributed by atoms with van der Waals surface area (Å²) in [7, 11) is 0. The minimum Gasteiger partial charge on any atom is -0.489 e. The van der Waals surface area contributed by atoms with Gasteiger partial charge in [0.25, 0.3) is 0 Å². The summed E-state index contributed by atoms with van der Waals surface area (Å²) in [5.74, 6) is 0.804. The third-order valence-corrected chi connectivity index (χ3v) is 4.88. The van der Waals surface area contributed by atoms with Gasteiger partial charge in [0.1, 0.15) is 12.4 Å². The van der Waals surface area contributed by atoms with Crippen molar-refractivity contribution >= 4 is 0 Å². The lowest BCUT2D eigenvalue weighted by atomic mass is 10.0. The lowest BCUT2D eigenvalue weighted by Crippen LogP contribution is -2.39. The molecule has 0 bridgehead atoms. The Balaban J connectivity index is 1.50. The van der Waals surface area contributed by atoms with Crippen molar-refractivity contribution in [2.24, 2.45) is 0 Å². The zero-order valence-corrected chi connectivity index (χ0v) is 16.6. The van der Waals surface area contributed by atoms with Gasteiger partial charge in [-0.2, -0.15) is 0 Å². The van der Waals surface area contributed by atoms with E-state index < -0.39 is 6.10 Å². The average molecular weight is 376 g/mol. The molecule has 0 amide bonds. The molecule has 0 spiro atoms. The van der Waals surface area contributed by atoms with Gasteiger partial charge in [-0.3, -0.25) is 0 Å². The van der Waals surface area contributed by atoms with Crippen LogP contribution in [0.1, 0.15) is 36.6 Å². The van der Waals surface area contributed by atoms with E-state index in [9.17, 15) is 5.11 Å². The Labute approximate surface area is 168 Å². The molecule has 3 rings (SSSR count). The van der Waals surface area contributed by atoms with Crippen LogP contribution in [0.15, 0.2) is 84.9 Å². The fraction of sp³-hybridized carbons (Fsp3) is 0.280. The fourth-order valence-corrected chi connectivity index (χ4v) is 3.36. The van der Waals surface area contributed by atoms with Gasteiger partial charge >= 0.3 is 0 Å². The number of ether oxygens (including phenoxy) is 1. The molecule has 0 saturated carbocycles. The second-order valence-electron chi connectivity index (χ2n) is 7.33. The molecular weight excluding hydrogens is 346 g/mol. The SMILES string of the molecule is C[C@H](Cc1ccccc1)N[C@@H](C)[C@H](O)c1ccc(OCc2ccccc2)cc1. The summed E-state index contributed by atoms with van der Waals surface area (Å²) < 4.78 is 5.82. The van der Waals surface area contributed by atoms with Crippen molar-refractivity contribution in [2.45, 2.75) is 45.1 Å². The Morgan fingerprint density at radius 2 is 1.36 bits per heavy atom. The van der Waals surface area contributed by atoms with E-state index in [1.165, 1.54) is 5.56 Å². The van der Waals surface area contributed by atoms with Crippen molar-refractivity contribution in [3.63, 3.8) is 0 Å². The fourth-order valence-electron chi connectivity index (χ4n) is 3.36. The zero-order valence-electron chi connectivity index (χ0n) is 16.6. The molecule has 0 aliphatic carbocycles. The third kappa shape index (κ3) is 5.95. The first-order chi connectivity index (χ1) is 13.6. The molecular formula is C25H29NO2. The average Bonchev–Trinajstić information content (AvgIpc) is 2.73. The van der Waals surface area contributed by atoms with E-state index in [-0.39, 0.29) is 12.1 Å². The Kier molecular flexibility index (Phi) is 7.24. The highest BCUT2D eigenvalue weighted by Gasteiger charge is 2.18. The topological polar surface area (TPSA) is 41.5 Å². The van der Waals surface area contributed by atoms with Crippen LogP contribution in [0, 0.1) is 0 Å². The number of aliphatic hydroxyl groups excluding tert-OH is 1. The Morgan fingerprint density at radius 1 is 0.786 bits per heavy atom. The number of aliphatic hydroxyl groups is 1. The first kappa shape index (κ1) is 20.1. The second-order valence-corrected chi connectivity index (χ2v) is 7.33. The highest BCUT2D eigenvalue weighted by atomic mass is 16.5. The molecule has 0 unspecified atom stereocenters. The van der Waals surface area contributed by atoms with Crippen LogP contribution in [0.5, 0.6) is 5.75 Å². The van der Waals surface area contributed by atoms with E-state index in [1.807, 2.05) is 67.6 Å². The number of nitrogens with one attached hydrogen (secondary N) is 1. The summed E-state index contributed by atoms with van der Waals surface area (Å²) in [5.41, 5.74) is 3.32. The summed E-state index contributed by atoms with van der Waals surface area (Å²) in [6, 6.07) is 28.4. The highest BCUT2D eigenvalue weighted by molar-refractivity contribution is 5.29. The molecule has 3 nitrogen and oxygen atoms in total. The highest BCUT2D eigenvalue weighted by Crippen LogP contribution is 2.21. The second kappa shape index (κ2) is 10.1. The number of hydrogen-bond donors (Lipinski definition) is 2. The van der Waals surface area contributed by atoms with Crippen molar-refractivity contribution < 1.29 is 9.84 Å². The van der Waals surface area contributed by atoms with Crippen LogP contribution in [0.2, 0.25) is 0 Å². The predicted molar refractivity (Wildman–Crippen MR) is 114 cm³/mol. The molecule has 3 aromatic carbocycles. The summed E-state index contributed by atoms with van der Waals surface area (Å²) in [6.07, 6.45) is 0.367. The molecule has 28 heavy (non-hydrogen) atoms. The number of hydrogen-bond acceptors (Lipinski definition) is 3. The quantitative estimate of drug-likeness (QED) is 0.558. The van der Waals surface area contributed by atoms with E-state index in [0.717, 1.165) is 23.3 Å². The monoisotopic (exact) mass is 375 g/mol. The Bertz CT molecular complexity index is 818. The molecule has 0 aliphatic rings. The van der Waals surface area contributed by atoms with E-state index in [0.29, 0.717) is 6.61 Å². The zero-order chi connectivity index (χ0) is 19.8. The smallest absolute Gasteiger partial charge is 0.119 e. The summed E-state index contributed by atoms with van der Waals surface area (Å²) >= 11 is 0. The minimum absolute atomic E-state index is 0.0465. The predicted octanol–water partition coefficient (Wildman–Crippen LogP) is 4.91. The van der Waals surface area contributed by atoms with Crippen LogP contribution in [-0.2, 0) is 13.0 Å². The third-order valence-electron chi connectivity index (χ3n) is 4.88. The van der Waals surface area contributed by atoms with Crippen LogP contribution >= 0.6 is 0 Å². The van der Waals surface area contributed by atoms with E-state index in [2.05, 4.69) is 36.5 Å². The molecule has 3 heteroatoms. The van der Waals surface area contributed by atoms with Gasteiger partial charge in [0.05, 0.1) is 6.10 Å². The molecule has 0 radical (unpaired) electrons. The molecule has 0 heterocycles. The molecule has 146 valence electrons. The van der Waals surface area contributed by atoms with Gasteiger partial charge in [0, 0.05) is 12.1 Å². The summed E-state index contributed by atoms with van der Waals surface area (Å²) in [5, 5.41) is 14.2. The lowest BCUT2D eigenvalue weighted by Gasteiger charge is -2.25. The standard InChI is InChI=1S/C25H29NO2/c1-19(17-21-9-5-3-6-10-21)26-20(2)25(27)23-13-15-24(16-14-23)28-18-22-11-7-4-8-12-22/h3-16,19-20,25-27H,17-18H2,1-2H3/t19-,20+,25+/m1/s1. The number of benzene rings is 3. The molecule has 0 aliphatic heterocycles. The molecule has 0 fully saturated rings. The molecule has 3 aromatic rings. The van der Waals surface area contributed by atoms with Crippen LogP contribution in [0.3, 0.4) is 0 Å². The lowest BCUT2D eigenvalue weighted by molar-refractivity contribution is 0.130. The van der Waals surface area contributed by atoms with E-state index in [1.54, 1.807) is 0 Å². The maximum atomic E-state index is 10.7. The van der Waals surface area contributed by atoms with Crippen molar-refractivity contribution in [3.8, 4) is 5.75 Å². The van der Waals surface area contributed by atoms with Crippen molar-refractivity contribution in [2.75, 3.05) is 0 Å². The maximum Gasteiger partial charge on any atom is 0.119 e.